The third kappa shape index (κ3) is 3.29. The molecule has 3 N–H and O–H groups in total. The molecule has 2 atom stereocenters. The minimum Gasteiger partial charge on any atom is -0.385 e. The van der Waals surface area contributed by atoms with Gasteiger partial charge < -0.3 is 4.74 Å². The van der Waals surface area contributed by atoms with E-state index in [0.717, 1.165) is 29.6 Å². The Hall–Kier alpha value is -1.49. The van der Waals surface area contributed by atoms with Crippen molar-refractivity contribution in [3.05, 3.63) is 42.1 Å². The zero-order valence-electron chi connectivity index (χ0n) is 11.5. The molecule has 1 aromatic carbocycles. The van der Waals surface area contributed by atoms with Crippen LogP contribution in [0.5, 0.6) is 0 Å². The fourth-order valence-corrected chi connectivity index (χ4v) is 2.27. The molecule has 0 saturated carbocycles. The molecule has 102 valence electrons. The average Bonchev–Trinajstić information content (AvgIpc) is 2.45. The number of hydrogen-bond donors (Lipinski definition) is 2. The summed E-state index contributed by atoms with van der Waals surface area (Å²) in [6, 6.07) is 12.3. The summed E-state index contributed by atoms with van der Waals surface area (Å²) in [6.07, 6.45) is 0.944. The van der Waals surface area contributed by atoms with Gasteiger partial charge in [0.25, 0.3) is 0 Å². The van der Waals surface area contributed by atoms with Crippen LogP contribution in [0, 0.1) is 5.92 Å². The first-order valence-corrected chi connectivity index (χ1v) is 6.57. The lowest BCUT2D eigenvalue weighted by atomic mass is 9.95. The molecule has 0 aliphatic carbocycles. The Kier molecular flexibility index (Phi) is 4.85. The second-order valence-corrected chi connectivity index (χ2v) is 4.83. The van der Waals surface area contributed by atoms with E-state index in [1.165, 1.54) is 0 Å². The van der Waals surface area contributed by atoms with E-state index in [1.807, 2.05) is 24.3 Å². The second-order valence-electron chi connectivity index (χ2n) is 4.83. The number of ether oxygens (including phenoxy) is 1. The average molecular weight is 259 g/mol. The molecular formula is C15H21N3O. The van der Waals surface area contributed by atoms with Crippen molar-refractivity contribution in [3.8, 4) is 0 Å². The number of nitrogens with one attached hydrogen (secondary N) is 1. The summed E-state index contributed by atoms with van der Waals surface area (Å²) in [6.45, 7) is 2.88. The summed E-state index contributed by atoms with van der Waals surface area (Å²) in [7, 11) is 1.71. The first-order valence-electron chi connectivity index (χ1n) is 6.57. The predicted molar refractivity (Wildman–Crippen MR) is 77.5 cm³/mol. The molecular weight excluding hydrogens is 238 g/mol. The van der Waals surface area contributed by atoms with Gasteiger partial charge in [-0.2, -0.15) is 0 Å². The third-order valence-corrected chi connectivity index (χ3v) is 3.46. The predicted octanol–water partition coefficient (Wildman–Crippen LogP) is 2.41. The normalized spacial score (nSPS) is 14.5. The number of para-hydroxylation sites is 1. The first-order chi connectivity index (χ1) is 9.26. The van der Waals surface area contributed by atoms with Crippen LogP contribution in [0.4, 0.5) is 0 Å². The maximum Gasteiger partial charge on any atom is 0.0706 e. The number of hydrogen-bond acceptors (Lipinski definition) is 4. The topological polar surface area (TPSA) is 60.2 Å². The van der Waals surface area contributed by atoms with Gasteiger partial charge in [-0.05, 0) is 24.5 Å². The quantitative estimate of drug-likeness (QED) is 0.618. The van der Waals surface area contributed by atoms with Crippen LogP contribution < -0.4 is 11.3 Å². The molecule has 0 aliphatic rings. The second kappa shape index (κ2) is 6.61. The first kappa shape index (κ1) is 13.9. The highest BCUT2D eigenvalue weighted by molar-refractivity contribution is 5.78. The summed E-state index contributed by atoms with van der Waals surface area (Å²) in [5.74, 6) is 6.05. The van der Waals surface area contributed by atoms with E-state index in [9.17, 15) is 0 Å². The maximum absolute atomic E-state index is 5.69. The van der Waals surface area contributed by atoms with Crippen molar-refractivity contribution < 1.29 is 4.74 Å². The summed E-state index contributed by atoms with van der Waals surface area (Å²) in [5.41, 5.74) is 4.85. The van der Waals surface area contributed by atoms with Gasteiger partial charge in [0.1, 0.15) is 0 Å². The van der Waals surface area contributed by atoms with Gasteiger partial charge in [-0.3, -0.25) is 16.3 Å². The minimum absolute atomic E-state index is 0.0414. The Morgan fingerprint density at radius 1 is 1.26 bits per heavy atom. The Labute approximate surface area is 113 Å². The van der Waals surface area contributed by atoms with Crippen molar-refractivity contribution in [2.45, 2.75) is 19.4 Å². The Balaban J connectivity index is 2.24. The number of fused-ring (bicyclic) bond motifs is 1. The molecule has 0 bridgehead atoms. The van der Waals surface area contributed by atoms with E-state index in [0.29, 0.717) is 5.92 Å². The van der Waals surface area contributed by atoms with Crippen LogP contribution in [-0.4, -0.2) is 18.7 Å². The van der Waals surface area contributed by atoms with Gasteiger partial charge in [0.05, 0.1) is 17.3 Å². The van der Waals surface area contributed by atoms with Crippen LogP contribution in [0.1, 0.15) is 25.1 Å². The summed E-state index contributed by atoms with van der Waals surface area (Å²) in [5, 5.41) is 1.14. The SMILES string of the molecule is COCCC(C)C(NN)c1ccc2ccccc2n1. The lowest BCUT2D eigenvalue weighted by Crippen LogP contribution is -2.33. The van der Waals surface area contributed by atoms with Crippen LogP contribution >= 0.6 is 0 Å². The maximum atomic E-state index is 5.69. The number of hydrazine groups is 1. The smallest absolute Gasteiger partial charge is 0.0706 e. The van der Waals surface area contributed by atoms with Crippen molar-refractivity contribution in [2.75, 3.05) is 13.7 Å². The largest absolute Gasteiger partial charge is 0.385 e. The number of pyridine rings is 1. The van der Waals surface area contributed by atoms with Crippen molar-refractivity contribution in [2.24, 2.45) is 11.8 Å². The standard InChI is InChI=1S/C15H21N3O/c1-11(9-10-19-2)15(18-16)14-8-7-12-5-3-4-6-13(12)17-14/h3-8,11,15,18H,9-10,16H2,1-2H3. The zero-order chi connectivity index (χ0) is 13.7. The molecule has 0 radical (unpaired) electrons. The third-order valence-electron chi connectivity index (χ3n) is 3.46. The fraction of sp³-hybridized carbons (Fsp3) is 0.400. The van der Waals surface area contributed by atoms with E-state index in [2.05, 4.69) is 24.5 Å². The van der Waals surface area contributed by atoms with Crippen molar-refractivity contribution in [3.63, 3.8) is 0 Å². The lowest BCUT2D eigenvalue weighted by Gasteiger charge is -2.22. The van der Waals surface area contributed by atoms with Crippen LogP contribution in [0.15, 0.2) is 36.4 Å². The highest BCUT2D eigenvalue weighted by atomic mass is 16.5. The number of nitrogens with two attached hydrogens (primary N) is 1. The Morgan fingerprint density at radius 2 is 2.05 bits per heavy atom. The van der Waals surface area contributed by atoms with Gasteiger partial charge >= 0.3 is 0 Å². The molecule has 0 saturated heterocycles. The van der Waals surface area contributed by atoms with E-state index >= 15 is 0 Å². The van der Waals surface area contributed by atoms with Crippen molar-refractivity contribution in [1.29, 1.82) is 0 Å². The molecule has 4 nitrogen and oxygen atoms in total. The summed E-state index contributed by atoms with van der Waals surface area (Å²) < 4.78 is 5.12. The summed E-state index contributed by atoms with van der Waals surface area (Å²) in [4.78, 5) is 4.69. The van der Waals surface area contributed by atoms with Crippen LogP contribution in [0.3, 0.4) is 0 Å². The monoisotopic (exact) mass is 259 g/mol. The molecule has 0 fully saturated rings. The molecule has 2 rings (SSSR count). The van der Waals surface area contributed by atoms with Gasteiger partial charge in [0.15, 0.2) is 0 Å². The van der Waals surface area contributed by atoms with Crippen LogP contribution in [0.2, 0.25) is 0 Å². The van der Waals surface area contributed by atoms with E-state index in [4.69, 9.17) is 15.6 Å². The number of methoxy groups -OCH3 is 1. The highest BCUT2D eigenvalue weighted by Gasteiger charge is 2.19. The molecule has 1 heterocycles. The van der Waals surface area contributed by atoms with Crippen LogP contribution in [-0.2, 0) is 4.74 Å². The number of nitrogens with zero attached hydrogens (tertiary/aromatic N) is 1. The number of aromatic nitrogens is 1. The molecule has 4 heteroatoms. The molecule has 19 heavy (non-hydrogen) atoms. The molecule has 2 unspecified atom stereocenters. The minimum atomic E-state index is 0.0414. The lowest BCUT2D eigenvalue weighted by molar-refractivity contribution is 0.170. The molecule has 2 aromatic rings. The van der Waals surface area contributed by atoms with Crippen LogP contribution in [0.25, 0.3) is 10.9 Å². The Morgan fingerprint density at radius 3 is 2.79 bits per heavy atom. The van der Waals surface area contributed by atoms with Gasteiger partial charge in [-0.1, -0.05) is 31.2 Å². The van der Waals surface area contributed by atoms with Gasteiger partial charge in [0.2, 0.25) is 0 Å². The van der Waals surface area contributed by atoms with Crippen molar-refractivity contribution in [1.82, 2.24) is 10.4 Å². The fourth-order valence-electron chi connectivity index (χ4n) is 2.27. The van der Waals surface area contributed by atoms with E-state index in [-0.39, 0.29) is 6.04 Å². The zero-order valence-corrected chi connectivity index (χ0v) is 11.5. The molecule has 0 spiro atoms. The number of rotatable bonds is 6. The molecule has 0 amide bonds. The van der Waals surface area contributed by atoms with Gasteiger partial charge in [-0.25, -0.2) is 0 Å². The molecule has 0 aliphatic heterocycles. The highest BCUT2D eigenvalue weighted by Crippen LogP contribution is 2.24. The van der Waals surface area contributed by atoms with Gasteiger partial charge in [0, 0.05) is 19.1 Å². The Bertz CT molecular complexity index is 530. The van der Waals surface area contributed by atoms with Crippen molar-refractivity contribution >= 4 is 10.9 Å². The number of benzene rings is 1. The molecule has 1 aromatic heterocycles. The van der Waals surface area contributed by atoms with E-state index < -0.39 is 0 Å². The van der Waals surface area contributed by atoms with E-state index in [1.54, 1.807) is 7.11 Å². The van der Waals surface area contributed by atoms with Gasteiger partial charge in [-0.15, -0.1) is 0 Å². The summed E-state index contributed by atoms with van der Waals surface area (Å²) >= 11 is 0.